The molecule has 2 rings (SSSR count). The van der Waals surface area contributed by atoms with Gasteiger partial charge in [0.05, 0.1) is 15.1 Å². The van der Waals surface area contributed by atoms with Crippen molar-refractivity contribution < 1.29 is 17.9 Å². The van der Waals surface area contributed by atoms with Gasteiger partial charge in [-0.1, -0.05) is 34.8 Å². The van der Waals surface area contributed by atoms with Crippen LogP contribution in [0.4, 0.5) is 4.79 Å². The molecule has 25 heavy (non-hydrogen) atoms. The van der Waals surface area contributed by atoms with Crippen molar-refractivity contribution in [2.24, 2.45) is 0 Å². The SMILES string of the molecule is CC(C)(C)OC(=O)N1CCN(S(=O)(=O)c2cc(Cl)c(Cl)cc2Cl)CC1. The molecule has 1 heterocycles. The van der Waals surface area contributed by atoms with Crippen LogP contribution in [-0.4, -0.2) is 55.5 Å². The average Bonchev–Trinajstić information content (AvgIpc) is 2.49. The molecule has 6 nitrogen and oxygen atoms in total. The lowest BCUT2D eigenvalue weighted by Crippen LogP contribution is -2.51. The van der Waals surface area contributed by atoms with Gasteiger partial charge >= 0.3 is 6.09 Å². The van der Waals surface area contributed by atoms with E-state index in [-0.39, 0.29) is 46.1 Å². The number of hydrogen-bond acceptors (Lipinski definition) is 4. The molecular formula is C15H19Cl3N2O4S. The fourth-order valence-electron chi connectivity index (χ4n) is 2.28. The van der Waals surface area contributed by atoms with Crippen LogP contribution in [0.1, 0.15) is 20.8 Å². The molecule has 1 aromatic carbocycles. The van der Waals surface area contributed by atoms with Gasteiger partial charge in [-0.15, -0.1) is 0 Å². The van der Waals surface area contributed by atoms with Crippen LogP contribution in [0.3, 0.4) is 0 Å². The molecule has 0 atom stereocenters. The Kier molecular flexibility index (Phi) is 6.16. The molecule has 1 amide bonds. The van der Waals surface area contributed by atoms with Gasteiger partial charge in [0.1, 0.15) is 10.5 Å². The van der Waals surface area contributed by atoms with Gasteiger partial charge in [-0.25, -0.2) is 13.2 Å². The lowest BCUT2D eigenvalue weighted by Gasteiger charge is -2.35. The number of piperazine rings is 1. The van der Waals surface area contributed by atoms with Crippen LogP contribution < -0.4 is 0 Å². The number of halogens is 3. The molecule has 1 aliphatic heterocycles. The second-order valence-corrected chi connectivity index (χ2v) is 9.70. The minimum absolute atomic E-state index is 0.00368. The van der Waals surface area contributed by atoms with Crippen LogP contribution in [0, 0.1) is 0 Å². The lowest BCUT2D eigenvalue weighted by molar-refractivity contribution is 0.0192. The number of carbonyl (C=O) groups excluding carboxylic acids is 1. The number of benzene rings is 1. The summed E-state index contributed by atoms with van der Waals surface area (Å²) in [5, 5.41) is 0.293. The van der Waals surface area contributed by atoms with E-state index in [1.165, 1.54) is 21.3 Å². The highest BCUT2D eigenvalue weighted by molar-refractivity contribution is 7.89. The van der Waals surface area contributed by atoms with E-state index in [4.69, 9.17) is 39.5 Å². The summed E-state index contributed by atoms with van der Waals surface area (Å²) in [6.07, 6.45) is -0.461. The zero-order valence-electron chi connectivity index (χ0n) is 14.1. The third-order valence-electron chi connectivity index (χ3n) is 3.48. The predicted molar refractivity (Wildman–Crippen MR) is 98.0 cm³/mol. The normalized spacial score (nSPS) is 16.8. The van der Waals surface area contributed by atoms with Crippen LogP contribution in [0.25, 0.3) is 0 Å². The summed E-state index contributed by atoms with van der Waals surface area (Å²) in [7, 11) is -3.84. The predicted octanol–water partition coefficient (Wildman–Crippen LogP) is 3.89. The van der Waals surface area contributed by atoms with Crippen molar-refractivity contribution in [3.05, 3.63) is 27.2 Å². The standard InChI is InChI=1S/C15H19Cl3N2O4S/c1-15(2,3)24-14(21)19-4-6-20(7-5-19)25(22,23)13-9-11(17)10(16)8-12(13)18/h8-9H,4-7H2,1-3H3. The molecule has 0 saturated carbocycles. The van der Waals surface area contributed by atoms with Crippen LogP contribution in [0.15, 0.2) is 17.0 Å². The van der Waals surface area contributed by atoms with Gasteiger partial charge in [0.25, 0.3) is 0 Å². The van der Waals surface area contributed by atoms with E-state index in [0.717, 1.165) is 0 Å². The van der Waals surface area contributed by atoms with E-state index in [2.05, 4.69) is 0 Å². The van der Waals surface area contributed by atoms with Crippen molar-refractivity contribution in [2.75, 3.05) is 26.2 Å². The van der Waals surface area contributed by atoms with E-state index >= 15 is 0 Å². The summed E-state index contributed by atoms with van der Waals surface area (Å²) in [4.78, 5) is 13.4. The van der Waals surface area contributed by atoms with Crippen LogP contribution >= 0.6 is 34.8 Å². The molecule has 0 aromatic heterocycles. The minimum atomic E-state index is -3.84. The summed E-state index contributed by atoms with van der Waals surface area (Å²) in [6, 6.07) is 2.54. The van der Waals surface area contributed by atoms with Gasteiger partial charge in [0.15, 0.2) is 0 Å². The average molecular weight is 430 g/mol. The maximum atomic E-state index is 12.8. The summed E-state index contributed by atoms with van der Waals surface area (Å²) >= 11 is 17.8. The Morgan fingerprint density at radius 1 is 1.00 bits per heavy atom. The zero-order chi connectivity index (χ0) is 19.0. The number of amides is 1. The number of rotatable bonds is 2. The molecule has 0 bridgehead atoms. The van der Waals surface area contributed by atoms with Gasteiger partial charge in [-0.3, -0.25) is 0 Å². The molecule has 0 unspecified atom stereocenters. The number of sulfonamides is 1. The highest BCUT2D eigenvalue weighted by Crippen LogP contribution is 2.33. The molecule has 10 heteroatoms. The maximum absolute atomic E-state index is 12.8. The summed E-state index contributed by atoms with van der Waals surface area (Å²) in [6.45, 7) is 6.06. The highest BCUT2D eigenvalue weighted by atomic mass is 35.5. The largest absolute Gasteiger partial charge is 0.444 e. The molecule has 0 aliphatic carbocycles. The fraction of sp³-hybridized carbons (Fsp3) is 0.533. The Bertz CT molecular complexity index is 770. The molecule has 0 radical (unpaired) electrons. The first-order chi connectivity index (χ1) is 11.4. The third kappa shape index (κ3) is 4.92. The first-order valence-corrected chi connectivity index (χ1v) is 10.1. The molecule has 0 spiro atoms. The Balaban J connectivity index is 2.12. The molecule has 1 aliphatic rings. The van der Waals surface area contributed by atoms with Gasteiger partial charge in [-0.05, 0) is 32.9 Å². The fourth-order valence-corrected chi connectivity index (χ4v) is 4.68. The van der Waals surface area contributed by atoms with Crippen molar-refractivity contribution in [2.45, 2.75) is 31.3 Å². The Hall–Kier alpha value is -0.730. The number of hydrogen-bond donors (Lipinski definition) is 0. The van der Waals surface area contributed by atoms with Crippen molar-refractivity contribution in [1.82, 2.24) is 9.21 Å². The maximum Gasteiger partial charge on any atom is 0.410 e. The second-order valence-electron chi connectivity index (χ2n) is 6.57. The van der Waals surface area contributed by atoms with Crippen LogP contribution in [-0.2, 0) is 14.8 Å². The van der Waals surface area contributed by atoms with E-state index in [0.29, 0.717) is 0 Å². The van der Waals surface area contributed by atoms with Crippen LogP contribution in [0.2, 0.25) is 15.1 Å². The second kappa shape index (κ2) is 7.48. The Morgan fingerprint density at radius 3 is 2.04 bits per heavy atom. The number of ether oxygens (including phenoxy) is 1. The summed E-state index contributed by atoms with van der Waals surface area (Å²) < 4.78 is 32.1. The Morgan fingerprint density at radius 2 is 1.52 bits per heavy atom. The summed E-state index contributed by atoms with van der Waals surface area (Å²) in [5.41, 5.74) is -0.603. The van der Waals surface area contributed by atoms with Crippen molar-refractivity contribution in [3.8, 4) is 0 Å². The molecule has 140 valence electrons. The van der Waals surface area contributed by atoms with Crippen molar-refractivity contribution in [3.63, 3.8) is 0 Å². The van der Waals surface area contributed by atoms with Gasteiger partial charge in [0, 0.05) is 26.2 Å². The van der Waals surface area contributed by atoms with Crippen LogP contribution in [0.5, 0.6) is 0 Å². The smallest absolute Gasteiger partial charge is 0.410 e. The lowest BCUT2D eigenvalue weighted by atomic mass is 10.2. The third-order valence-corrected chi connectivity index (χ3v) is 6.57. The van der Waals surface area contributed by atoms with E-state index in [9.17, 15) is 13.2 Å². The van der Waals surface area contributed by atoms with Crippen molar-refractivity contribution in [1.29, 1.82) is 0 Å². The monoisotopic (exact) mass is 428 g/mol. The van der Waals surface area contributed by atoms with Gasteiger partial charge < -0.3 is 9.64 Å². The molecule has 1 fully saturated rings. The quantitative estimate of drug-likeness (QED) is 0.669. The topological polar surface area (TPSA) is 66.9 Å². The van der Waals surface area contributed by atoms with Gasteiger partial charge in [0.2, 0.25) is 10.0 Å². The van der Waals surface area contributed by atoms with Crippen molar-refractivity contribution >= 4 is 50.9 Å². The van der Waals surface area contributed by atoms with E-state index in [1.54, 1.807) is 20.8 Å². The first-order valence-electron chi connectivity index (χ1n) is 7.54. The number of nitrogens with zero attached hydrogens (tertiary/aromatic N) is 2. The zero-order valence-corrected chi connectivity index (χ0v) is 17.1. The van der Waals surface area contributed by atoms with E-state index < -0.39 is 21.7 Å². The summed E-state index contributed by atoms with van der Waals surface area (Å²) in [5.74, 6) is 0. The molecule has 0 N–H and O–H groups in total. The first kappa shape index (κ1) is 20.6. The molecule has 1 aromatic rings. The molecular weight excluding hydrogens is 411 g/mol. The van der Waals surface area contributed by atoms with Gasteiger partial charge in [-0.2, -0.15) is 4.31 Å². The van der Waals surface area contributed by atoms with E-state index in [1.807, 2.05) is 0 Å². The minimum Gasteiger partial charge on any atom is -0.444 e. The molecule has 1 saturated heterocycles. The highest BCUT2D eigenvalue weighted by Gasteiger charge is 2.33. The number of carbonyl (C=O) groups is 1. The Labute approximate surface area is 162 Å².